The van der Waals surface area contributed by atoms with Crippen molar-refractivity contribution in [1.82, 2.24) is 6.15 Å². The Morgan fingerprint density at radius 1 is 1.33 bits per heavy atom. The molecule has 0 aliphatic heterocycles. The van der Waals surface area contributed by atoms with E-state index in [0.29, 0.717) is 0 Å². The Bertz CT molecular complexity index is 93.5. The van der Waals surface area contributed by atoms with E-state index in [2.05, 4.69) is 0 Å². The lowest BCUT2D eigenvalue weighted by molar-refractivity contribution is 0.0189. The maximum atomic E-state index is 9.43. The van der Waals surface area contributed by atoms with Crippen LogP contribution in [-0.4, -0.2) is 22.4 Å². The Balaban J connectivity index is -0.000000405. The minimum Gasteiger partial charge on any atom is -0.396 e. The van der Waals surface area contributed by atoms with E-state index < -0.39 is 5.60 Å². The van der Waals surface area contributed by atoms with Gasteiger partial charge in [0.1, 0.15) is 0 Å². The minimum atomic E-state index is -0.602. The molecule has 78 valence electrons. The van der Waals surface area contributed by atoms with Gasteiger partial charge in [0, 0.05) is 6.61 Å². The van der Waals surface area contributed by atoms with Crippen LogP contribution in [0.25, 0.3) is 0 Å². The van der Waals surface area contributed by atoms with Gasteiger partial charge in [-0.05, 0) is 32.6 Å². The van der Waals surface area contributed by atoms with E-state index >= 15 is 0 Å². The van der Waals surface area contributed by atoms with Crippen LogP contribution in [0.1, 0.15) is 33.6 Å². The maximum absolute atomic E-state index is 9.43. The molecular formula is C8H22ClNO2. The zero-order valence-corrected chi connectivity index (χ0v) is 9.02. The number of rotatable bonds is 4. The van der Waals surface area contributed by atoms with Gasteiger partial charge in [0.05, 0.1) is 5.60 Å². The molecule has 4 heteroatoms. The third kappa shape index (κ3) is 8.27. The normalized spacial score (nSPS) is 12.8. The first-order chi connectivity index (χ1) is 4.48. The Hall–Kier alpha value is 0.170. The highest BCUT2D eigenvalue weighted by molar-refractivity contribution is 5.85. The highest BCUT2D eigenvalue weighted by Gasteiger charge is 2.20. The molecule has 0 saturated heterocycles. The van der Waals surface area contributed by atoms with Crippen LogP contribution < -0.4 is 6.15 Å². The second-order valence-corrected chi connectivity index (χ2v) is 3.42. The SMILES string of the molecule is CC(CCCO)C(C)(C)O.Cl.N. The molecule has 0 fully saturated rings. The van der Waals surface area contributed by atoms with Crippen molar-refractivity contribution in [3.63, 3.8) is 0 Å². The molecule has 12 heavy (non-hydrogen) atoms. The molecule has 0 bridgehead atoms. The van der Waals surface area contributed by atoms with E-state index in [-0.39, 0.29) is 31.1 Å². The van der Waals surface area contributed by atoms with Crippen molar-refractivity contribution < 1.29 is 10.2 Å². The van der Waals surface area contributed by atoms with Crippen molar-refractivity contribution >= 4 is 12.4 Å². The molecule has 0 saturated carbocycles. The average molecular weight is 200 g/mol. The summed E-state index contributed by atoms with van der Waals surface area (Å²) in [4.78, 5) is 0. The van der Waals surface area contributed by atoms with Gasteiger partial charge in [-0.2, -0.15) is 0 Å². The number of aliphatic hydroxyl groups excluding tert-OH is 1. The first-order valence-corrected chi connectivity index (χ1v) is 3.81. The fourth-order valence-corrected chi connectivity index (χ4v) is 0.751. The standard InChI is InChI=1S/C8H18O2.ClH.H3N/c1-7(5-4-6-9)8(2,3)10;;/h7,9-10H,4-6H2,1-3H3;1H;1H3. The van der Waals surface area contributed by atoms with E-state index in [1.807, 2.05) is 6.92 Å². The van der Waals surface area contributed by atoms with Gasteiger partial charge in [0.15, 0.2) is 0 Å². The first-order valence-electron chi connectivity index (χ1n) is 3.81. The summed E-state index contributed by atoms with van der Waals surface area (Å²) >= 11 is 0. The predicted molar refractivity (Wildman–Crippen MR) is 54.1 cm³/mol. The molecule has 0 heterocycles. The molecule has 0 rings (SSSR count). The van der Waals surface area contributed by atoms with Crippen molar-refractivity contribution in [2.24, 2.45) is 5.92 Å². The van der Waals surface area contributed by atoms with Gasteiger partial charge in [0.2, 0.25) is 0 Å². The Labute approximate surface area is 81.2 Å². The molecule has 0 aromatic heterocycles. The van der Waals surface area contributed by atoms with E-state index in [9.17, 15) is 5.11 Å². The quantitative estimate of drug-likeness (QED) is 0.646. The van der Waals surface area contributed by atoms with Crippen molar-refractivity contribution in [3.8, 4) is 0 Å². The van der Waals surface area contributed by atoms with Gasteiger partial charge in [-0.15, -0.1) is 12.4 Å². The van der Waals surface area contributed by atoms with Gasteiger partial charge in [-0.25, -0.2) is 0 Å². The van der Waals surface area contributed by atoms with Crippen LogP contribution in [0.3, 0.4) is 0 Å². The lowest BCUT2D eigenvalue weighted by Gasteiger charge is -2.25. The van der Waals surface area contributed by atoms with E-state index in [1.54, 1.807) is 13.8 Å². The molecule has 0 amide bonds. The Morgan fingerprint density at radius 2 is 1.75 bits per heavy atom. The van der Waals surface area contributed by atoms with Gasteiger partial charge >= 0.3 is 0 Å². The molecule has 1 atom stereocenters. The maximum Gasteiger partial charge on any atom is 0.0617 e. The van der Waals surface area contributed by atoms with E-state index in [4.69, 9.17) is 5.11 Å². The monoisotopic (exact) mass is 199 g/mol. The summed E-state index contributed by atoms with van der Waals surface area (Å²) in [5.41, 5.74) is -0.602. The summed E-state index contributed by atoms with van der Waals surface area (Å²) < 4.78 is 0. The van der Waals surface area contributed by atoms with Crippen LogP contribution in [0.5, 0.6) is 0 Å². The van der Waals surface area contributed by atoms with Crippen molar-refractivity contribution in [3.05, 3.63) is 0 Å². The third-order valence-corrected chi connectivity index (χ3v) is 2.00. The summed E-state index contributed by atoms with van der Waals surface area (Å²) in [6.45, 7) is 5.82. The van der Waals surface area contributed by atoms with Crippen LogP contribution in [-0.2, 0) is 0 Å². The van der Waals surface area contributed by atoms with Crippen LogP contribution >= 0.6 is 12.4 Å². The number of halogens is 1. The molecular weight excluding hydrogens is 178 g/mol. The molecule has 0 aliphatic carbocycles. The molecule has 0 aromatic rings. The molecule has 5 N–H and O–H groups in total. The molecule has 1 unspecified atom stereocenters. The minimum absolute atomic E-state index is 0. The average Bonchev–Trinajstić information content (AvgIpc) is 1.80. The smallest absolute Gasteiger partial charge is 0.0617 e. The van der Waals surface area contributed by atoms with Crippen LogP contribution in [0.2, 0.25) is 0 Å². The number of hydrogen-bond acceptors (Lipinski definition) is 3. The summed E-state index contributed by atoms with van der Waals surface area (Å²) in [7, 11) is 0. The fourth-order valence-electron chi connectivity index (χ4n) is 0.751. The third-order valence-electron chi connectivity index (χ3n) is 2.00. The molecule has 0 aliphatic rings. The largest absolute Gasteiger partial charge is 0.396 e. The fraction of sp³-hybridized carbons (Fsp3) is 1.00. The highest BCUT2D eigenvalue weighted by Crippen LogP contribution is 2.19. The van der Waals surface area contributed by atoms with Gasteiger partial charge < -0.3 is 16.4 Å². The summed E-state index contributed by atoms with van der Waals surface area (Å²) in [6.07, 6.45) is 1.67. The van der Waals surface area contributed by atoms with E-state index in [1.165, 1.54) is 0 Å². The first kappa shape index (κ1) is 18.1. The highest BCUT2D eigenvalue weighted by atomic mass is 35.5. The molecule has 0 radical (unpaired) electrons. The summed E-state index contributed by atoms with van der Waals surface area (Å²) in [6, 6.07) is 0. The lowest BCUT2D eigenvalue weighted by Crippen LogP contribution is -2.28. The topological polar surface area (TPSA) is 75.5 Å². The van der Waals surface area contributed by atoms with E-state index in [0.717, 1.165) is 12.8 Å². The van der Waals surface area contributed by atoms with Crippen LogP contribution in [0.4, 0.5) is 0 Å². The molecule has 3 nitrogen and oxygen atoms in total. The lowest BCUT2D eigenvalue weighted by atomic mass is 9.89. The predicted octanol–water partition coefficient (Wildman–Crippen LogP) is 1.75. The van der Waals surface area contributed by atoms with Crippen molar-refractivity contribution in [2.45, 2.75) is 39.2 Å². The zero-order chi connectivity index (χ0) is 8.20. The van der Waals surface area contributed by atoms with Gasteiger partial charge in [-0.3, -0.25) is 0 Å². The van der Waals surface area contributed by atoms with Crippen LogP contribution in [0.15, 0.2) is 0 Å². The summed E-state index contributed by atoms with van der Waals surface area (Å²) in [5.74, 6) is 0.264. The Kier molecular flexibility index (Phi) is 11.7. The summed E-state index contributed by atoms with van der Waals surface area (Å²) in [5, 5.41) is 17.9. The second kappa shape index (κ2) is 7.80. The van der Waals surface area contributed by atoms with Crippen molar-refractivity contribution in [1.29, 1.82) is 0 Å². The molecule has 0 spiro atoms. The molecule has 0 aromatic carbocycles. The van der Waals surface area contributed by atoms with Crippen molar-refractivity contribution in [2.75, 3.05) is 6.61 Å². The van der Waals surface area contributed by atoms with Gasteiger partial charge in [0.25, 0.3) is 0 Å². The Morgan fingerprint density at radius 3 is 2.00 bits per heavy atom. The zero-order valence-electron chi connectivity index (χ0n) is 8.21. The number of aliphatic hydroxyl groups is 2. The van der Waals surface area contributed by atoms with Gasteiger partial charge in [-0.1, -0.05) is 6.92 Å². The van der Waals surface area contributed by atoms with Crippen LogP contribution in [0, 0.1) is 5.92 Å². The second-order valence-electron chi connectivity index (χ2n) is 3.42. The number of hydrogen-bond donors (Lipinski definition) is 3.